The third-order valence-electron chi connectivity index (χ3n) is 9.57. The number of nitrogens with one attached hydrogen (secondary N) is 1. The number of likely N-dealkylation sites (tertiary alicyclic amines) is 1. The van der Waals surface area contributed by atoms with E-state index in [-0.39, 0.29) is 6.03 Å². The van der Waals surface area contributed by atoms with Crippen molar-refractivity contribution in [2.24, 2.45) is 5.92 Å². The van der Waals surface area contributed by atoms with Crippen LogP contribution in [0, 0.1) is 5.92 Å². The van der Waals surface area contributed by atoms with Crippen LogP contribution < -0.4 is 10.1 Å². The second kappa shape index (κ2) is 11.9. The van der Waals surface area contributed by atoms with Crippen LogP contribution in [0.4, 0.5) is 10.5 Å². The zero-order valence-electron chi connectivity index (χ0n) is 22.5. The van der Waals surface area contributed by atoms with Gasteiger partial charge in [0.05, 0.1) is 0 Å². The summed E-state index contributed by atoms with van der Waals surface area (Å²) in [5.41, 5.74) is 2.14. The number of halogens is 1. The van der Waals surface area contributed by atoms with E-state index in [0.717, 1.165) is 61.2 Å². The molecule has 2 aromatic rings. The Labute approximate surface area is 232 Å². The average Bonchev–Trinajstić information content (AvgIpc) is 3.17. The van der Waals surface area contributed by atoms with Crippen molar-refractivity contribution in [3.8, 4) is 5.75 Å². The summed E-state index contributed by atoms with van der Waals surface area (Å²) < 4.78 is 6.45. The Hall–Kier alpha value is -2.24. The van der Waals surface area contributed by atoms with Crippen LogP contribution in [0.25, 0.3) is 0 Å². The second-order valence-electron chi connectivity index (χ2n) is 12.1. The van der Waals surface area contributed by atoms with E-state index in [2.05, 4.69) is 22.3 Å². The number of urea groups is 1. The Kier molecular flexibility index (Phi) is 8.13. The molecule has 0 spiro atoms. The van der Waals surface area contributed by atoms with E-state index in [1.54, 1.807) is 0 Å². The first kappa shape index (κ1) is 26.0. The number of amides is 2. The molecule has 2 amide bonds. The number of fused-ring (bicyclic) bond motifs is 2. The molecule has 1 aliphatic carbocycles. The quantitative estimate of drug-likeness (QED) is 0.412. The fourth-order valence-corrected chi connectivity index (χ4v) is 7.58. The average molecular weight is 536 g/mol. The Balaban J connectivity index is 0.958. The molecule has 0 radical (unpaired) electrons. The lowest BCUT2D eigenvalue weighted by Crippen LogP contribution is -2.48. The van der Waals surface area contributed by atoms with Crippen molar-refractivity contribution in [3.05, 3.63) is 59.1 Å². The van der Waals surface area contributed by atoms with Gasteiger partial charge in [0.1, 0.15) is 11.9 Å². The minimum atomic E-state index is -0.0184. The SMILES string of the molecule is O=C(Nc1ccc(OC2C[C@H]3CC[C@@H](C2)N3CC2CCCCC2)cc1)N1CCC(c2ccc(Cl)cc2)CC1. The van der Waals surface area contributed by atoms with Gasteiger partial charge < -0.3 is 15.0 Å². The van der Waals surface area contributed by atoms with E-state index in [1.165, 1.54) is 57.1 Å². The molecule has 3 aliphatic heterocycles. The summed E-state index contributed by atoms with van der Waals surface area (Å²) in [5.74, 6) is 2.32. The Morgan fingerprint density at radius 1 is 0.842 bits per heavy atom. The van der Waals surface area contributed by atoms with Crippen molar-refractivity contribution in [2.45, 2.75) is 94.7 Å². The number of nitrogens with zero attached hydrogens (tertiary/aromatic N) is 2. The van der Waals surface area contributed by atoms with Crippen LogP contribution in [0.3, 0.4) is 0 Å². The van der Waals surface area contributed by atoms with E-state index in [0.29, 0.717) is 24.1 Å². The van der Waals surface area contributed by atoms with Crippen molar-refractivity contribution in [1.29, 1.82) is 0 Å². The van der Waals surface area contributed by atoms with Crippen molar-refractivity contribution in [3.63, 3.8) is 0 Å². The summed E-state index contributed by atoms with van der Waals surface area (Å²) in [7, 11) is 0. The van der Waals surface area contributed by atoms with Crippen molar-refractivity contribution >= 4 is 23.3 Å². The number of hydrogen-bond acceptors (Lipinski definition) is 3. The Bertz CT molecular complexity index is 1050. The summed E-state index contributed by atoms with van der Waals surface area (Å²) in [5, 5.41) is 3.85. The standard InChI is InChI=1S/C32H42ClN3O2/c33-26-8-6-24(7-9-26)25-16-18-35(19-17-25)32(37)34-27-10-14-30(15-11-27)38-31-20-28-12-13-29(21-31)36(28)22-23-4-2-1-3-5-23/h6-11,14-15,23,25,28-29,31H,1-5,12-13,16-22H2,(H,34,37)/t28-,29+,31?. The molecule has 5 nitrogen and oxygen atoms in total. The summed E-state index contributed by atoms with van der Waals surface area (Å²) >= 11 is 6.03. The maximum absolute atomic E-state index is 12.9. The molecule has 1 unspecified atom stereocenters. The van der Waals surface area contributed by atoms with Gasteiger partial charge in [0.15, 0.2) is 0 Å². The fourth-order valence-electron chi connectivity index (χ4n) is 7.45. The number of carbonyl (C=O) groups is 1. The van der Waals surface area contributed by atoms with Gasteiger partial charge >= 0.3 is 6.03 Å². The Morgan fingerprint density at radius 2 is 1.50 bits per heavy atom. The molecule has 2 aromatic carbocycles. The first-order valence-corrected chi connectivity index (χ1v) is 15.3. The highest BCUT2D eigenvalue weighted by Crippen LogP contribution is 2.39. The van der Waals surface area contributed by atoms with Gasteiger partial charge in [0.25, 0.3) is 0 Å². The number of anilines is 1. The van der Waals surface area contributed by atoms with Gasteiger partial charge in [-0.2, -0.15) is 0 Å². The molecule has 6 heteroatoms. The minimum Gasteiger partial charge on any atom is -0.490 e. The third-order valence-corrected chi connectivity index (χ3v) is 9.82. The van der Waals surface area contributed by atoms with E-state index in [4.69, 9.17) is 16.3 Å². The molecule has 2 bridgehead atoms. The summed E-state index contributed by atoms with van der Waals surface area (Å²) in [6.45, 7) is 2.85. The molecule has 0 aromatic heterocycles. The van der Waals surface area contributed by atoms with Crippen LogP contribution >= 0.6 is 11.6 Å². The van der Waals surface area contributed by atoms with Crippen LogP contribution in [-0.4, -0.2) is 53.7 Å². The number of ether oxygens (including phenoxy) is 1. The number of carbonyl (C=O) groups excluding carboxylic acids is 1. The van der Waals surface area contributed by atoms with Crippen LogP contribution in [0.15, 0.2) is 48.5 Å². The van der Waals surface area contributed by atoms with Crippen molar-refractivity contribution in [1.82, 2.24) is 9.80 Å². The van der Waals surface area contributed by atoms with Gasteiger partial charge in [0.2, 0.25) is 0 Å². The number of rotatable bonds is 6. The maximum Gasteiger partial charge on any atom is 0.321 e. The first-order chi connectivity index (χ1) is 18.6. The number of hydrogen-bond donors (Lipinski definition) is 1. The zero-order valence-corrected chi connectivity index (χ0v) is 23.2. The van der Waals surface area contributed by atoms with Gasteiger partial charge in [-0.25, -0.2) is 4.79 Å². The van der Waals surface area contributed by atoms with Crippen LogP contribution in [0.5, 0.6) is 5.75 Å². The Morgan fingerprint density at radius 3 is 2.16 bits per heavy atom. The molecule has 1 saturated carbocycles. The van der Waals surface area contributed by atoms with Crippen molar-refractivity contribution < 1.29 is 9.53 Å². The highest BCUT2D eigenvalue weighted by molar-refractivity contribution is 6.30. The van der Waals surface area contributed by atoms with E-state index >= 15 is 0 Å². The van der Waals surface area contributed by atoms with Crippen LogP contribution in [0.2, 0.25) is 5.02 Å². The monoisotopic (exact) mass is 535 g/mol. The van der Waals surface area contributed by atoms with Gasteiger partial charge in [0, 0.05) is 42.4 Å². The predicted octanol–water partition coefficient (Wildman–Crippen LogP) is 7.71. The second-order valence-corrected chi connectivity index (χ2v) is 12.5. The van der Waals surface area contributed by atoms with Crippen LogP contribution in [0.1, 0.15) is 82.1 Å². The number of piperidine rings is 2. The lowest BCUT2D eigenvalue weighted by Gasteiger charge is -2.41. The predicted molar refractivity (Wildman–Crippen MR) is 154 cm³/mol. The zero-order chi connectivity index (χ0) is 25.9. The fraction of sp³-hybridized carbons (Fsp3) is 0.594. The van der Waals surface area contributed by atoms with Crippen molar-refractivity contribution in [2.75, 3.05) is 25.0 Å². The van der Waals surface area contributed by atoms with E-state index in [1.807, 2.05) is 41.3 Å². The normalized spacial score (nSPS) is 26.9. The van der Waals surface area contributed by atoms with E-state index in [9.17, 15) is 4.79 Å². The molecule has 204 valence electrons. The molecule has 3 atom stereocenters. The van der Waals surface area contributed by atoms with Gasteiger partial charge in [-0.15, -0.1) is 0 Å². The van der Waals surface area contributed by atoms with Crippen LogP contribution in [-0.2, 0) is 0 Å². The molecule has 3 saturated heterocycles. The molecule has 6 rings (SSSR count). The largest absolute Gasteiger partial charge is 0.490 e. The minimum absolute atomic E-state index is 0.0184. The molecule has 4 fully saturated rings. The topological polar surface area (TPSA) is 44.8 Å². The molecule has 1 N–H and O–H groups in total. The highest BCUT2D eigenvalue weighted by atomic mass is 35.5. The molecular weight excluding hydrogens is 494 g/mol. The molecular formula is C32H42ClN3O2. The summed E-state index contributed by atoms with van der Waals surface area (Å²) in [6.07, 6.45) is 14.4. The van der Waals surface area contributed by atoms with Gasteiger partial charge in [-0.1, -0.05) is 43.0 Å². The first-order valence-electron chi connectivity index (χ1n) is 14.9. The number of benzene rings is 2. The highest BCUT2D eigenvalue weighted by Gasteiger charge is 2.42. The summed E-state index contributed by atoms with van der Waals surface area (Å²) in [6, 6.07) is 17.5. The third kappa shape index (κ3) is 6.15. The molecule has 4 aliphatic rings. The van der Waals surface area contributed by atoms with Gasteiger partial charge in [-0.3, -0.25) is 4.90 Å². The lowest BCUT2D eigenvalue weighted by atomic mass is 9.87. The lowest BCUT2D eigenvalue weighted by molar-refractivity contribution is 0.0356. The molecule has 38 heavy (non-hydrogen) atoms. The van der Waals surface area contributed by atoms with Gasteiger partial charge in [-0.05, 0) is 105 Å². The van der Waals surface area contributed by atoms with E-state index < -0.39 is 0 Å². The smallest absolute Gasteiger partial charge is 0.321 e. The maximum atomic E-state index is 12.9. The summed E-state index contributed by atoms with van der Waals surface area (Å²) in [4.78, 5) is 17.6. The molecule has 3 heterocycles.